The van der Waals surface area contributed by atoms with Crippen molar-refractivity contribution in [3.63, 3.8) is 0 Å². The van der Waals surface area contributed by atoms with Crippen molar-refractivity contribution in [2.45, 2.75) is 172 Å². The van der Waals surface area contributed by atoms with Gasteiger partial charge in [0, 0.05) is 102 Å². The molecule has 0 radical (unpaired) electrons. The van der Waals surface area contributed by atoms with E-state index in [9.17, 15) is 53.4 Å². The van der Waals surface area contributed by atoms with E-state index in [2.05, 4.69) is 52.8 Å². The number of primary amides is 1. The number of aromatic amines is 1. The summed E-state index contributed by atoms with van der Waals surface area (Å²) in [5.74, 6) is -17.1. The first-order chi connectivity index (χ1) is 61.4. The molecule has 1 fully saturated rings. The number of carbonyl (C=O) groups is 16. The summed E-state index contributed by atoms with van der Waals surface area (Å²) in [5, 5.41) is 45.7. The predicted molar refractivity (Wildman–Crippen MR) is 485 cm³/mol. The number of H-pyrrole nitrogens is 1. The number of phenolic OH excluding ortho intramolecular Hbond substituents is 1. The topological polar surface area (TPSA) is 480 Å². The fourth-order valence-electron chi connectivity index (χ4n) is 14.9. The first-order valence-corrected chi connectivity index (χ1v) is 44.2. The summed E-state index contributed by atoms with van der Waals surface area (Å²) >= 11 is 7.19. The number of phenols is 1. The van der Waals surface area contributed by atoms with Gasteiger partial charge in [-0.25, -0.2) is 0 Å². The molecule has 34 nitrogen and oxygen atoms in total. The SMILES string of the molecule is CCCC[C@H]1C(=O)N(C)CC(=O)N[C@@H](CC(=O)O)C(=O)N[C@@H](C(C)C)C(=O)N(C)[C@@H](Cc2ccccc2)C(=O)N[C@@H](Cc2ccc(O)cc2)C(=O)N(C)CC(=O)N[C@@H](Cc2c[nH]c3ccccc23)C(=O)N[C@@H](Cc2ccc(Cl)cc2)C(=O)N[C@@H](CC(C)C)C(=O)N[C@H](C(=O)NCC(N)=O)CSCC(=O)N[C@@H](Cc2ccccc2)C(=O)N(C)[C@@H](Cc2ccccc2)C(=O)N1C. The number of carbonyl (C=O) groups excluding carboxylic acids is 15. The molecule has 690 valence electrons. The molecule has 7 aromatic rings. The van der Waals surface area contributed by atoms with E-state index >= 15 is 33.6 Å². The second kappa shape index (κ2) is 49.2. The third-order valence-corrected chi connectivity index (χ3v) is 23.3. The van der Waals surface area contributed by atoms with Crippen LogP contribution in [0.25, 0.3) is 10.9 Å². The van der Waals surface area contributed by atoms with Crippen LogP contribution in [-0.2, 0) is 115 Å². The smallest absolute Gasteiger partial charge is 0.305 e. The Kier molecular flexibility index (Phi) is 38.6. The Labute approximate surface area is 758 Å². The van der Waals surface area contributed by atoms with Crippen molar-refractivity contribution in [3.8, 4) is 5.75 Å². The lowest BCUT2D eigenvalue weighted by atomic mass is 9.98. The second-order valence-electron chi connectivity index (χ2n) is 33.0. The van der Waals surface area contributed by atoms with Crippen LogP contribution in [0.2, 0.25) is 5.02 Å². The van der Waals surface area contributed by atoms with Gasteiger partial charge in [-0.15, -0.1) is 11.8 Å². The van der Waals surface area contributed by atoms with E-state index in [4.69, 9.17) is 17.3 Å². The molecule has 36 heteroatoms. The summed E-state index contributed by atoms with van der Waals surface area (Å²) in [6.45, 7) is 6.22. The van der Waals surface area contributed by atoms with E-state index in [1.807, 2.05) is 6.92 Å². The van der Waals surface area contributed by atoms with Gasteiger partial charge in [-0.2, -0.15) is 0 Å². The normalized spacial score (nSPS) is 21.9. The lowest BCUT2D eigenvalue weighted by molar-refractivity contribution is -0.151. The van der Waals surface area contributed by atoms with Crippen LogP contribution in [0.3, 0.4) is 0 Å². The number of unbranched alkanes of at least 4 members (excludes halogenated alkanes) is 1. The van der Waals surface area contributed by atoms with E-state index in [0.717, 1.165) is 26.5 Å². The van der Waals surface area contributed by atoms with Crippen molar-refractivity contribution < 1.29 is 86.9 Å². The molecule has 15 amide bonds. The molecule has 6 aromatic carbocycles. The van der Waals surface area contributed by atoms with Crippen molar-refractivity contribution in [2.24, 2.45) is 17.6 Å². The number of aromatic hydroxyl groups is 1. The molecule has 1 aromatic heterocycles. The van der Waals surface area contributed by atoms with E-state index < -0.39 is 199 Å². The standard InChI is InChI=1S/C93H117ClN16O18S/c1-11-12-32-74-91(126)107(7)52-79(114)99-70(48-81(116)117)87(122)105-82(56(4)5)93(128)109(9)75(45-58-26-18-14-19-27-58)88(123)103-71(44-61-35-39-64(111)40-36-61)89(124)106(6)51-78(113)98-69(47-62-49-96-66-31-23-22-30-65(62)66)86(121)102-68(42-60-33-37-63(94)38-34-60)85(120)101-67(41-55(2)3)84(119)104-73(83(118)97-50-77(95)112)53-129-54-80(115)100-72(43-57-24-16-13-17-25-57)90(125)110(10)76(92(127)108(74)8)46-59-28-20-15-21-29-59/h13-31,33-40,49,55-56,67-76,82,96,111H,11-12,32,41-48,50-54H2,1-10H3,(H2,95,112)(H,97,118)(H,98,113)(H,99,114)(H,100,115)(H,101,120)(H,102,121)(H,103,123)(H,104,119)(H,105,122)(H,116,117)/t67-,68-,69-,70-,71-,72-,73-,74-,75-,76-,82-/m0/s1. The number of rotatable bonds is 23. The van der Waals surface area contributed by atoms with E-state index in [-0.39, 0.29) is 68.8 Å². The van der Waals surface area contributed by atoms with Crippen LogP contribution in [0, 0.1) is 11.8 Å². The number of nitrogens with zero attached hydrogens (tertiary/aromatic N) is 5. The molecule has 0 aliphatic carbocycles. The van der Waals surface area contributed by atoms with Crippen LogP contribution in [0.4, 0.5) is 0 Å². The summed E-state index contributed by atoms with van der Waals surface area (Å²) in [5.41, 5.74) is 9.24. The molecule has 0 unspecified atom stereocenters. The van der Waals surface area contributed by atoms with Crippen LogP contribution in [0.15, 0.2) is 170 Å². The largest absolute Gasteiger partial charge is 0.508 e. The fourth-order valence-corrected chi connectivity index (χ4v) is 15.9. The number of thioether (sulfide) groups is 1. The Hall–Kier alpha value is -13.2. The number of amides is 15. The first kappa shape index (κ1) is 101. The van der Waals surface area contributed by atoms with Crippen molar-refractivity contribution >= 4 is 129 Å². The quantitative estimate of drug-likeness (QED) is 0.0437. The zero-order valence-electron chi connectivity index (χ0n) is 74.0. The summed E-state index contributed by atoms with van der Waals surface area (Å²) in [6, 6.07) is 28.1. The molecule has 11 atom stereocenters. The Bertz CT molecular complexity index is 5070. The molecule has 1 aliphatic rings. The average molecular weight is 1810 g/mol. The van der Waals surface area contributed by atoms with Crippen LogP contribution < -0.4 is 53.6 Å². The first-order valence-electron chi connectivity index (χ1n) is 42.6. The number of nitrogens with two attached hydrogens (primary N) is 1. The fraction of sp³-hybridized carbons (Fsp3) is 0.419. The molecule has 0 bridgehead atoms. The highest BCUT2D eigenvalue weighted by Crippen LogP contribution is 2.25. The summed E-state index contributed by atoms with van der Waals surface area (Å²) in [7, 11) is 6.56. The van der Waals surface area contributed by atoms with Gasteiger partial charge in [0.15, 0.2) is 0 Å². The van der Waals surface area contributed by atoms with Crippen molar-refractivity contribution in [1.82, 2.24) is 77.3 Å². The molecule has 8 rings (SSSR count). The Balaban J connectivity index is 1.21. The van der Waals surface area contributed by atoms with Crippen LogP contribution in [0.1, 0.15) is 100 Å². The minimum Gasteiger partial charge on any atom is -0.508 e. The molecule has 1 aliphatic heterocycles. The number of fused-ring (bicyclic) bond motifs is 1. The van der Waals surface area contributed by atoms with Gasteiger partial charge in [0.05, 0.1) is 31.8 Å². The molecule has 1 saturated heterocycles. The van der Waals surface area contributed by atoms with Gasteiger partial charge in [-0.05, 0) is 88.4 Å². The lowest BCUT2D eigenvalue weighted by Crippen LogP contribution is -2.61. The summed E-state index contributed by atoms with van der Waals surface area (Å²) in [4.78, 5) is 244. The number of halogens is 1. The minimum absolute atomic E-state index is 0.0327. The molecule has 14 N–H and O–H groups in total. The Morgan fingerprint density at radius 1 is 0.481 bits per heavy atom. The molecule has 129 heavy (non-hydrogen) atoms. The summed E-state index contributed by atoms with van der Waals surface area (Å²) in [6.07, 6.45) is 0.217. The van der Waals surface area contributed by atoms with Gasteiger partial charge in [0.25, 0.3) is 0 Å². The molecular weight excluding hydrogens is 1700 g/mol. The number of hydrogen-bond acceptors (Lipinski definition) is 18. The third-order valence-electron chi connectivity index (χ3n) is 22.0. The monoisotopic (exact) mass is 1810 g/mol. The number of carboxylic acid groups (broad SMARTS) is 1. The van der Waals surface area contributed by atoms with Gasteiger partial charge in [0.1, 0.15) is 72.2 Å². The highest BCUT2D eigenvalue weighted by atomic mass is 35.5. The zero-order valence-corrected chi connectivity index (χ0v) is 75.6. The van der Waals surface area contributed by atoms with Gasteiger partial charge < -0.3 is 93.3 Å². The second-order valence-corrected chi connectivity index (χ2v) is 34.5. The number of para-hydroxylation sites is 1. The predicted octanol–water partition coefficient (Wildman–Crippen LogP) is 3.27. The van der Waals surface area contributed by atoms with Gasteiger partial charge >= 0.3 is 5.97 Å². The van der Waals surface area contributed by atoms with E-state index in [1.165, 1.54) is 69.3 Å². The highest BCUT2D eigenvalue weighted by molar-refractivity contribution is 8.00. The highest BCUT2D eigenvalue weighted by Gasteiger charge is 2.42. The van der Waals surface area contributed by atoms with Crippen molar-refractivity contribution in [2.75, 3.05) is 66.4 Å². The number of aromatic nitrogens is 1. The molecule has 2 heterocycles. The van der Waals surface area contributed by atoms with Crippen LogP contribution >= 0.6 is 23.4 Å². The van der Waals surface area contributed by atoms with Gasteiger partial charge in [0.2, 0.25) is 88.6 Å². The molecule has 0 saturated carbocycles. The maximum Gasteiger partial charge on any atom is 0.305 e. The summed E-state index contributed by atoms with van der Waals surface area (Å²) < 4.78 is 0. The van der Waals surface area contributed by atoms with Crippen molar-refractivity contribution in [3.05, 3.63) is 208 Å². The molecule has 0 spiro atoms. The van der Waals surface area contributed by atoms with E-state index in [0.29, 0.717) is 62.1 Å². The number of nitrogens with one attached hydrogen (secondary N) is 10. The number of aliphatic carboxylic acids is 1. The zero-order chi connectivity index (χ0) is 94.3. The lowest BCUT2D eigenvalue weighted by Gasteiger charge is -2.37. The van der Waals surface area contributed by atoms with Gasteiger partial charge in [-0.3, -0.25) is 76.7 Å². The maximum atomic E-state index is 15.5. The Morgan fingerprint density at radius 2 is 0.938 bits per heavy atom. The van der Waals surface area contributed by atoms with Crippen molar-refractivity contribution in [1.29, 1.82) is 0 Å². The van der Waals surface area contributed by atoms with Gasteiger partial charge in [-0.1, -0.05) is 193 Å². The molecular formula is C93H117ClN16O18S. The number of hydrogen-bond donors (Lipinski definition) is 13. The average Bonchev–Trinajstić information content (AvgIpc) is 1.50. The van der Waals surface area contributed by atoms with Crippen LogP contribution in [0.5, 0.6) is 5.75 Å². The number of likely N-dealkylation sites (N-methyl/N-ethyl adjacent to an activating group) is 5. The number of benzene rings is 6. The Morgan fingerprint density at radius 3 is 1.50 bits per heavy atom. The van der Waals surface area contributed by atoms with Crippen LogP contribution in [-0.4, -0.2) is 267 Å². The maximum absolute atomic E-state index is 15.5. The third kappa shape index (κ3) is 30.8. The number of carboxylic acids is 1. The van der Waals surface area contributed by atoms with E-state index in [1.54, 1.807) is 173 Å². The minimum atomic E-state index is -1.90.